The van der Waals surface area contributed by atoms with Crippen molar-refractivity contribution in [1.29, 1.82) is 0 Å². The number of urea groups is 1. The molecule has 2 aliphatic rings. The molecule has 0 saturated carbocycles. The Labute approximate surface area is 196 Å². The van der Waals surface area contributed by atoms with Crippen LogP contribution in [0, 0.1) is 5.82 Å². The van der Waals surface area contributed by atoms with E-state index in [0.29, 0.717) is 11.8 Å². The Bertz CT molecular complexity index is 1410. The summed E-state index contributed by atoms with van der Waals surface area (Å²) in [5.74, 6) is -1.17. The second-order valence-electron chi connectivity index (χ2n) is 8.58. The van der Waals surface area contributed by atoms with Gasteiger partial charge >= 0.3 is 6.03 Å². The lowest BCUT2D eigenvalue weighted by atomic mass is 10.1. The van der Waals surface area contributed by atoms with E-state index in [2.05, 4.69) is 5.32 Å². The fourth-order valence-electron chi connectivity index (χ4n) is 4.78. The van der Waals surface area contributed by atoms with Crippen LogP contribution in [0.1, 0.15) is 6.42 Å². The molecule has 2 heterocycles. The van der Waals surface area contributed by atoms with Crippen molar-refractivity contribution in [3.8, 4) is 0 Å². The van der Waals surface area contributed by atoms with Gasteiger partial charge in [0, 0.05) is 37.1 Å². The number of sulfonamides is 1. The fourth-order valence-corrected chi connectivity index (χ4v) is 6.62. The van der Waals surface area contributed by atoms with Gasteiger partial charge in [-0.25, -0.2) is 22.5 Å². The number of nitrogens with zero attached hydrogens (tertiary/aromatic N) is 3. The molecule has 176 valence electrons. The molecule has 0 bridgehead atoms. The fraction of sp³-hybridized carbons (Fsp3) is 0.250. The first-order valence-corrected chi connectivity index (χ1v) is 12.2. The molecule has 5 rings (SSSR count). The maximum Gasteiger partial charge on any atom is 0.329 e. The SMILES string of the molecule is CN(C)c1cccc2c(S(=O)(=O)N3CCC4NC(=O)N(c5ccc(F)cc5)C(=O)C43)cccc12. The van der Waals surface area contributed by atoms with Crippen molar-refractivity contribution in [1.82, 2.24) is 9.62 Å². The number of carbonyl (C=O) groups excluding carboxylic acids is 2. The maximum atomic E-state index is 13.9. The van der Waals surface area contributed by atoms with Crippen LogP contribution in [-0.2, 0) is 14.8 Å². The largest absolute Gasteiger partial charge is 0.377 e. The minimum absolute atomic E-state index is 0.0880. The minimum Gasteiger partial charge on any atom is -0.377 e. The summed E-state index contributed by atoms with van der Waals surface area (Å²) in [5.41, 5.74) is 1.05. The number of fused-ring (bicyclic) bond motifs is 2. The van der Waals surface area contributed by atoms with Crippen LogP contribution in [-0.4, -0.2) is 57.4 Å². The number of hydrogen-bond acceptors (Lipinski definition) is 5. The van der Waals surface area contributed by atoms with E-state index >= 15 is 0 Å². The molecule has 2 atom stereocenters. The average molecular weight is 483 g/mol. The van der Waals surface area contributed by atoms with Crippen molar-refractivity contribution in [2.75, 3.05) is 30.4 Å². The van der Waals surface area contributed by atoms with Crippen molar-refractivity contribution in [3.63, 3.8) is 0 Å². The molecule has 3 aromatic carbocycles. The molecule has 0 spiro atoms. The van der Waals surface area contributed by atoms with Crippen molar-refractivity contribution in [3.05, 3.63) is 66.5 Å². The second kappa shape index (κ2) is 8.07. The molecule has 0 aliphatic carbocycles. The molecule has 3 aromatic rings. The lowest BCUT2D eigenvalue weighted by molar-refractivity contribution is -0.122. The van der Waals surface area contributed by atoms with E-state index in [1.54, 1.807) is 18.2 Å². The summed E-state index contributed by atoms with van der Waals surface area (Å²) in [5, 5.41) is 4.08. The highest BCUT2D eigenvalue weighted by atomic mass is 32.2. The molecular formula is C24H23FN4O4S. The molecule has 34 heavy (non-hydrogen) atoms. The predicted molar refractivity (Wildman–Crippen MR) is 127 cm³/mol. The zero-order valence-corrected chi connectivity index (χ0v) is 19.4. The summed E-state index contributed by atoms with van der Waals surface area (Å²) in [6.45, 7) is 0.0880. The Hall–Kier alpha value is -3.50. The number of imide groups is 1. The normalized spacial score (nSPS) is 21.0. The Morgan fingerprint density at radius 2 is 1.65 bits per heavy atom. The predicted octanol–water partition coefficient (Wildman–Crippen LogP) is 2.93. The Morgan fingerprint density at radius 1 is 0.971 bits per heavy atom. The minimum atomic E-state index is -4.08. The van der Waals surface area contributed by atoms with Crippen LogP contribution in [0.2, 0.25) is 0 Å². The highest BCUT2D eigenvalue weighted by Crippen LogP contribution is 2.36. The van der Waals surface area contributed by atoms with Gasteiger partial charge in [-0.1, -0.05) is 24.3 Å². The van der Waals surface area contributed by atoms with Gasteiger partial charge in [0.1, 0.15) is 11.9 Å². The summed E-state index contributed by atoms with van der Waals surface area (Å²) in [7, 11) is -0.318. The topological polar surface area (TPSA) is 90.0 Å². The maximum absolute atomic E-state index is 13.9. The number of nitrogens with one attached hydrogen (secondary N) is 1. The quantitative estimate of drug-likeness (QED) is 0.618. The van der Waals surface area contributed by atoms with Gasteiger partial charge in [-0.05, 0) is 42.8 Å². The van der Waals surface area contributed by atoms with Crippen LogP contribution in [0.15, 0.2) is 65.6 Å². The number of rotatable bonds is 4. The number of carbonyl (C=O) groups is 2. The summed E-state index contributed by atoms with van der Waals surface area (Å²) in [4.78, 5) is 29.0. The van der Waals surface area contributed by atoms with E-state index in [4.69, 9.17) is 0 Å². The van der Waals surface area contributed by atoms with E-state index in [0.717, 1.165) is 28.1 Å². The molecule has 0 radical (unpaired) electrons. The van der Waals surface area contributed by atoms with Crippen LogP contribution in [0.3, 0.4) is 0 Å². The number of hydrogen-bond donors (Lipinski definition) is 1. The first kappa shape index (κ1) is 22.3. The van der Waals surface area contributed by atoms with Gasteiger partial charge in [0.05, 0.1) is 16.6 Å². The summed E-state index contributed by atoms with van der Waals surface area (Å²) >= 11 is 0. The lowest BCUT2D eigenvalue weighted by Crippen LogP contribution is -2.64. The summed E-state index contributed by atoms with van der Waals surface area (Å²) in [6.07, 6.45) is 0.312. The third kappa shape index (κ3) is 3.41. The zero-order valence-electron chi connectivity index (χ0n) is 18.6. The molecule has 2 saturated heterocycles. The monoisotopic (exact) mass is 482 g/mol. The first-order chi connectivity index (χ1) is 16.2. The summed E-state index contributed by atoms with van der Waals surface area (Å²) in [6, 6.07) is 13.1. The van der Waals surface area contributed by atoms with Crippen LogP contribution in [0.25, 0.3) is 10.8 Å². The highest BCUT2D eigenvalue weighted by molar-refractivity contribution is 7.89. The molecule has 2 aliphatic heterocycles. The molecule has 2 unspecified atom stereocenters. The molecule has 2 fully saturated rings. The first-order valence-electron chi connectivity index (χ1n) is 10.8. The molecule has 8 nitrogen and oxygen atoms in total. The Morgan fingerprint density at radius 3 is 2.35 bits per heavy atom. The Kier molecular flexibility index (Phi) is 5.29. The standard InChI is InChI=1S/C24H23FN4O4S/c1-27(2)20-7-3-6-18-17(20)5-4-8-21(18)34(32,33)28-14-13-19-22(28)23(30)29(24(31)26-19)16-11-9-15(25)10-12-16/h3-12,19,22H,13-14H2,1-2H3,(H,26,31). The number of halogens is 1. The smallest absolute Gasteiger partial charge is 0.329 e. The molecule has 0 aromatic heterocycles. The van der Waals surface area contributed by atoms with E-state index in [1.807, 2.05) is 31.1 Å². The third-order valence-corrected chi connectivity index (χ3v) is 8.29. The van der Waals surface area contributed by atoms with E-state index in [1.165, 1.54) is 22.5 Å². The van der Waals surface area contributed by atoms with E-state index in [9.17, 15) is 22.4 Å². The van der Waals surface area contributed by atoms with Gasteiger partial charge < -0.3 is 10.2 Å². The van der Waals surface area contributed by atoms with Crippen LogP contribution < -0.4 is 15.1 Å². The molecule has 3 amide bonds. The molecule has 1 N–H and O–H groups in total. The summed E-state index contributed by atoms with van der Waals surface area (Å²) < 4.78 is 42.3. The van der Waals surface area contributed by atoms with Crippen molar-refractivity contribution in [2.24, 2.45) is 0 Å². The van der Waals surface area contributed by atoms with Gasteiger partial charge in [-0.3, -0.25) is 4.79 Å². The van der Waals surface area contributed by atoms with Gasteiger partial charge in [0.25, 0.3) is 5.91 Å². The van der Waals surface area contributed by atoms with Crippen LogP contribution >= 0.6 is 0 Å². The van der Waals surface area contributed by atoms with E-state index in [-0.39, 0.29) is 17.1 Å². The van der Waals surface area contributed by atoms with Crippen LogP contribution in [0.4, 0.5) is 20.6 Å². The lowest BCUT2D eigenvalue weighted by Gasteiger charge is -2.36. The van der Waals surface area contributed by atoms with Crippen molar-refractivity contribution in [2.45, 2.75) is 23.4 Å². The van der Waals surface area contributed by atoms with Gasteiger partial charge in [-0.2, -0.15) is 4.31 Å². The number of amides is 3. The van der Waals surface area contributed by atoms with Gasteiger partial charge in [0.2, 0.25) is 10.0 Å². The van der Waals surface area contributed by atoms with Gasteiger partial charge in [0.15, 0.2) is 0 Å². The molecular weight excluding hydrogens is 459 g/mol. The second-order valence-corrected chi connectivity index (χ2v) is 10.4. The van der Waals surface area contributed by atoms with Crippen LogP contribution in [0.5, 0.6) is 0 Å². The number of benzene rings is 3. The van der Waals surface area contributed by atoms with Crippen molar-refractivity contribution < 1.29 is 22.4 Å². The number of anilines is 2. The van der Waals surface area contributed by atoms with E-state index < -0.39 is 39.9 Å². The average Bonchev–Trinajstić information content (AvgIpc) is 3.24. The third-order valence-electron chi connectivity index (χ3n) is 6.35. The molecule has 10 heteroatoms. The van der Waals surface area contributed by atoms with Gasteiger partial charge in [-0.15, -0.1) is 0 Å². The zero-order chi connectivity index (χ0) is 24.2. The Balaban J connectivity index is 1.57. The highest BCUT2D eigenvalue weighted by Gasteiger charge is 2.52. The van der Waals surface area contributed by atoms with Crippen molar-refractivity contribution >= 4 is 44.1 Å².